The average molecular weight is 259 g/mol. The smallest absolute Gasteiger partial charge is 0.0468 e. The molecule has 2 aliphatic carbocycles. The SMILES string of the molecule is COCCC1(CNCc2ccc3c(c2)CCC3)CC1. The summed E-state index contributed by atoms with van der Waals surface area (Å²) in [5, 5.41) is 3.65. The molecule has 0 heterocycles. The van der Waals surface area contributed by atoms with Crippen molar-refractivity contribution < 1.29 is 4.74 Å². The van der Waals surface area contributed by atoms with E-state index in [2.05, 4.69) is 23.5 Å². The van der Waals surface area contributed by atoms with E-state index >= 15 is 0 Å². The van der Waals surface area contributed by atoms with Gasteiger partial charge in [0.2, 0.25) is 0 Å². The number of nitrogens with one attached hydrogen (secondary N) is 1. The number of hydrogen-bond donors (Lipinski definition) is 1. The van der Waals surface area contributed by atoms with Crippen molar-refractivity contribution in [1.29, 1.82) is 0 Å². The zero-order chi connectivity index (χ0) is 13.1. The second kappa shape index (κ2) is 5.64. The molecule has 1 aromatic carbocycles. The Bertz CT molecular complexity index is 437. The van der Waals surface area contributed by atoms with Crippen LogP contribution in [-0.4, -0.2) is 20.3 Å². The number of ether oxygens (including phenoxy) is 1. The summed E-state index contributed by atoms with van der Waals surface area (Å²) in [5.41, 5.74) is 5.15. The van der Waals surface area contributed by atoms with Gasteiger partial charge in [0, 0.05) is 26.8 Å². The lowest BCUT2D eigenvalue weighted by Gasteiger charge is -2.15. The van der Waals surface area contributed by atoms with Gasteiger partial charge in [-0.25, -0.2) is 0 Å². The fourth-order valence-corrected chi connectivity index (χ4v) is 3.22. The number of methoxy groups -OCH3 is 1. The van der Waals surface area contributed by atoms with Gasteiger partial charge in [0.1, 0.15) is 0 Å². The Labute approximate surface area is 116 Å². The van der Waals surface area contributed by atoms with Crippen molar-refractivity contribution in [2.45, 2.75) is 45.1 Å². The second-order valence-electron chi connectivity index (χ2n) is 6.30. The Morgan fingerprint density at radius 2 is 2.05 bits per heavy atom. The molecule has 0 aliphatic heterocycles. The van der Waals surface area contributed by atoms with Gasteiger partial charge in [-0.05, 0) is 60.6 Å². The quantitative estimate of drug-likeness (QED) is 0.812. The van der Waals surface area contributed by atoms with Crippen LogP contribution in [0.15, 0.2) is 18.2 Å². The molecule has 2 heteroatoms. The van der Waals surface area contributed by atoms with Crippen molar-refractivity contribution in [1.82, 2.24) is 5.32 Å². The summed E-state index contributed by atoms with van der Waals surface area (Å²) in [7, 11) is 1.80. The molecule has 1 aromatic rings. The predicted molar refractivity (Wildman–Crippen MR) is 78.3 cm³/mol. The highest BCUT2D eigenvalue weighted by Gasteiger charge is 2.41. The Balaban J connectivity index is 1.47. The van der Waals surface area contributed by atoms with Gasteiger partial charge in [-0.3, -0.25) is 0 Å². The number of hydrogen-bond acceptors (Lipinski definition) is 2. The van der Waals surface area contributed by atoms with E-state index in [1.807, 2.05) is 0 Å². The summed E-state index contributed by atoms with van der Waals surface area (Å²) in [6.45, 7) is 3.07. The summed E-state index contributed by atoms with van der Waals surface area (Å²) >= 11 is 0. The Morgan fingerprint density at radius 3 is 2.84 bits per heavy atom. The van der Waals surface area contributed by atoms with Crippen molar-refractivity contribution in [2.75, 3.05) is 20.3 Å². The molecule has 2 nitrogen and oxygen atoms in total. The highest BCUT2D eigenvalue weighted by atomic mass is 16.5. The minimum Gasteiger partial charge on any atom is -0.385 e. The molecule has 0 amide bonds. The maximum atomic E-state index is 5.20. The molecule has 19 heavy (non-hydrogen) atoms. The van der Waals surface area contributed by atoms with E-state index in [0.29, 0.717) is 5.41 Å². The van der Waals surface area contributed by atoms with Gasteiger partial charge < -0.3 is 10.1 Å². The third kappa shape index (κ3) is 3.18. The summed E-state index contributed by atoms with van der Waals surface area (Å²) in [6.07, 6.45) is 7.85. The highest BCUT2D eigenvalue weighted by Crippen LogP contribution is 2.48. The Morgan fingerprint density at radius 1 is 1.21 bits per heavy atom. The van der Waals surface area contributed by atoms with Crippen LogP contribution in [-0.2, 0) is 24.1 Å². The number of fused-ring (bicyclic) bond motifs is 1. The van der Waals surface area contributed by atoms with Crippen molar-refractivity contribution in [2.24, 2.45) is 5.41 Å². The molecule has 0 bridgehead atoms. The lowest BCUT2D eigenvalue weighted by atomic mass is 10.0. The van der Waals surface area contributed by atoms with E-state index in [9.17, 15) is 0 Å². The molecule has 1 fully saturated rings. The number of benzene rings is 1. The van der Waals surface area contributed by atoms with E-state index in [1.54, 1.807) is 18.2 Å². The summed E-state index contributed by atoms with van der Waals surface area (Å²) in [6, 6.07) is 7.03. The van der Waals surface area contributed by atoms with Crippen molar-refractivity contribution >= 4 is 0 Å². The van der Waals surface area contributed by atoms with Crippen LogP contribution in [0, 0.1) is 5.41 Å². The fraction of sp³-hybridized carbons (Fsp3) is 0.647. The predicted octanol–water partition coefficient (Wildman–Crippen LogP) is 3.08. The molecule has 0 saturated heterocycles. The minimum absolute atomic E-state index is 0.548. The lowest BCUT2D eigenvalue weighted by Crippen LogP contribution is -2.24. The van der Waals surface area contributed by atoms with Gasteiger partial charge in [0.05, 0.1) is 0 Å². The van der Waals surface area contributed by atoms with Gasteiger partial charge in [-0.15, -0.1) is 0 Å². The zero-order valence-electron chi connectivity index (χ0n) is 12.0. The van der Waals surface area contributed by atoms with Gasteiger partial charge in [0.15, 0.2) is 0 Å². The molecule has 0 aromatic heterocycles. The van der Waals surface area contributed by atoms with E-state index < -0.39 is 0 Å². The molecule has 0 radical (unpaired) electrons. The molecule has 0 unspecified atom stereocenters. The highest BCUT2D eigenvalue weighted by molar-refractivity contribution is 5.35. The van der Waals surface area contributed by atoms with Gasteiger partial charge >= 0.3 is 0 Å². The molecule has 1 saturated carbocycles. The first-order valence-corrected chi connectivity index (χ1v) is 7.62. The lowest BCUT2D eigenvalue weighted by molar-refractivity contribution is 0.171. The maximum absolute atomic E-state index is 5.20. The molecular formula is C17H25NO. The summed E-state index contributed by atoms with van der Waals surface area (Å²) < 4.78 is 5.20. The monoisotopic (exact) mass is 259 g/mol. The van der Waals surface area contributed by atoms with E-state index in [1.165, 1.54) is 44.1 Å². The third-order valence-corrected chi connectivity index (χ3v) is 4.79. The summed E-state index contributed by atoms with van der Waals surface area (Å²) in [4.78, 5) is 0. The molecule has 104 valence electrons. The van der Waals surface area contributed by atoms with E-state index in [0.717, 1.165) is 19.7 Å². The second-order valence-corrected chi connectivity index (χ2v) is 6.30. The molecule has 3 rings (SSSR count). The zero-order valence-corrected chi connectivity index (χ0v) is 12.0. The first kappa shape index (κ1) is 13.1. The van der Waals surface area contributed by atoms with Crippen LogP contribution in [0.4, 0.5) is 0 Å². The van der Waals surface area contributed by atoms with Gasteiger partial charge in [-0.2, -0.15) is 0 Å². The van der Waals surface area contributed by atoms with Gasteiger partial charge in [-0.1, -0.05) is 18.2 Å². The Hall–Kier alpha value is -0.860. The van der Waals surface area contributed by atoms with E-state index in [4.69, 9.17) is 4.74 Å². The molecular weight excluding hydrogens is 234 g/mol. The van der Waals surface area contributed by atoms with Crippen LogP contribution in [0.5, 0.6) is 0 Å². The largest absolute Gasteiger partial charge is 0.385 e. The number of rotatable bonds is 7. The first-order valence-electron chi connectivity index (χ1n) is 7.62. The van der Waals surface area contributed by atoms with Crippen LogP contribution in [0.2, 0.25) is 0 Å². The van der Waals surface area contributed by atoms with Crippen LogP contribution in [0.1, 0.15) is 42.4 Å². The average Bonchev–Trinajstić information content (AvgIpc) is 3.03. The third-order valence-electron chi connectivity index (χ3n) is 4.79. The van der Waals surface area contributed by atoms with Crippen LogP contribution >= 0.6 is 0 Å². The topological polar surface area (TPSA) is 21.3 Å². The van der Waals surface area contributed by atoms with Crippen molar-refractivity contribution in [3.8, 4) is 0 Å². The van der Waals surface area contributed by atoms with E-state index in [-0.39, 0.29) is 0 Å². The molecule has 1 N–H and O–H groups in total. The van der Waals surface area contributed by atoms with Crippen LogP contribution in [0.25, 0.3) is 0 Å². The Kier molecular flexibility index (Phi) is 3.90. The summed E-state index contributed by atoms with van der Waals surface area (Å²) in [5.74, 6) is 0. The van der Waals surface area contributed by atoms with Gasteiger partial charge in [0.25, 0.3) is 0 Å². The number of aryl methyl sites for hydroxylation is 2. The maximum Gasteiger partial charge on any atom is 0.0468 e. The van der Waals surface area contributed by atoms with Crippen molar-refractivity contribution in [3.63, 3.8) is 0 Å². The normalized spacial score (nSPS) is 19.4. The minimum atomic E-state index is 0.548. The molecule has 2 aliphatic rings. The molecule has 0 spiro atoms. The fourth-order valence-electron chi connectivity index (χ4n) is 3.22. The van der Waals surface area contributed by atoms with Crippen molar-refractivity contribution in [3.05, 3.63) is 34.9 Å². The van der Waals surface area contributed by atoms with Crippen LogP contribution in [0.3, 0.4) is 0 Å². The first-order chi connectivity index (χ1) is 9.31. The standard InChI is InChI=1S/C17H25NO/c1-19-10-9-17(7-8-17)13-18-12-14-5-6-15-3-2-4-16(15)11-14/h5-6,11,18H,2-4,7-10,12-13H2,1H3. The molecule has 0 atom stereocenters. The van der Waals surface area contributed by atoms with Crippen LogP contribution < -0.4 is 5.32 Å².